The van der Waals surface area contributed by atoms with Gasteiger partial charge in [0.2, 0.25) is 11.8 Å². The third kappa shape index (κ3) is 10.8. The van der Waals surface area contributed by atoms with Gasteiger partial charge in [-0.15, -0.1) is 5.10 Å². The Bertz CT molecular complexity index is 2140. The number of hydrogen-bond donors (Lipinski definition) is 8. The Morgan fingerprint density at radius 1 is 1.00 bits per heavy atom. The Balaban J connectivity index is 1.07. The smallest absolute Gasteiger partial charge is 0.336 e. The first-order valence-corrected chi connectivity index (χ1v) is 22.1. The van der Waals surface area contributed by atoms with Crippen molar-refractivity contribution in [3.63, 3.8) is 0 Å². The number of amides is 3. The van der Waals surface area contributed by atoms with Crippen molar-refractivity contribution in [2.75, 3.05) is 19.8 Å². The van der Waals surface area contributed by atoms with Crippen LogP contribution in [0, 0.1) is 19.8 Å². The number of carboxylic acid groups (broad SMARTS) is 1. The summed E-state index contributed by atoms with van der Waals surface area (Å²) < 4.78 is 13.1. The quantitative estimate of drug-likeness (QED) is 0.110. The van der Waals surface area contributed by atoms with Crippen molar-refractivity contribution in [3.05, 3.63) is 81.7 Å². The number of aromatic nitrogens is 3. The number of phenolic OH excluding ortho intramolecular Hbond substituents is 1. The van der Waals surface area contributed by atoms with Gasteiger partial charge in [0.05, 0.1) is 42.5 Å². The first-order chi connectivity index (χ1) is 30.2. The molecule has 63 heavy (non-hydrogen) atoms. The minimum Gasteiger partial charge on any atom is -0.507 e. The van der Waals surface area contributed by atoms with Gasteiger partial charge in [-0.05, 0) is 98.4 Å². The van der Waals surface area contributed by atoms with Gasteiger partial charge in [-0.1, -0.05) is 48.8 Å². The van der Waals surface area contributed by atoms with E-state index in [9.17, 15) is 44.7 Å². The second-order valence-corrected chi connectivity index (χ2v) is 17.7. The molecule has 7 rings (SSSR count). The van der Waals surface area contributed by atoms with E-state index in [0.29, 0.717) is 24.3 Å². The number of carbonyl (C=O) groups excluding carboxylic acids is 3. The van der Waals surface area contributed by atoms with Gasteiger partial charge in [-0.25, -0.2) is 9.48 Å². The average Bonchev–Trinajstić information content (AvgIpc) is 3.92. The SMILES string of the molecule is Cc1cc(C(=O)NC[C@@H](O)[C@@H](O)[C@@H]2O[C@@](C/C=C/c3ccc4c(c3)C(NC(=O)C3CCCOC3)CC4)(C(=O)O)C[C@H](O)[C@H]2NC(=O)Cn2cc(C3CCCCC3)nn2)cc(C)c1O. The normalized spacial score (nSPS) is 26.1. The molecule has 3 heterocycles. The lowest BCUT2D eigenvalue weighted by Gasteiger charge is -2.47. The van der Waals surface area contributed by atoms with Crippen LogP contribution in [0.25, 0.3) is 6.08 Å². The molecule has 2 aromatic carbocycles. The van der Waals surface area contributed by atoms with Crippen molar-refractivity contribution >= 4 is 29.8 Å². The van der Waals surface area contributed by atoms with Crippen LogP contribution in [0.15, 0.2) is 42.6 Å². The Labute approximate surface area is 366 Å². The zero-order chi connectivity index (χ0) is 44.8. The Morgan fingerprint density at radius 2 is 1.76 bits per heavy atom. The molecule has 1 saturated carbocycles. The number of nitrogens with one attached hydrogen (secondary N) is 3. The van der Waals surface area contributed by atoms with Crippen LogP contribution in [-0.4, -0.2) is 120 Å². The average molecular weight is 873 g/mol. The summed E-state index contributed by atoms with van der Waals surface area (Å²) in [6.45, 7) is 3.54. The summed E-state index contributed by atoms with van der Waals surface area (Å²) in [6.07, 6.45) is 5.88. The van der Waals surface area contributed by atoms with Crippen LogP contribution in [0.2, 0.25) is 0 Å². The molecule has 0 radical (unpaired) electrons. The van der Waals surface area contributed by atoms with Crippen LogP contribution in [0.3, 0.4) is 0 Å². The number of rotatable bonds is 15. The van der Waals surface area contributed by atoms with Crippen LogP contribution < -0.4 is 16.0 Å². The third-order valence-corrected chi connectivity index (χ3v) is 13.1. The van der Waals surface area contributed by atoms with Crippen LogP contribution in [-0.2, 0) is 36.8 Å². The fourth-order valence-corrected chi connectivity index (χ4v) is 9.46. The molecule has 8 atom stereocenters. The van der Waals surface area contributed by atoms with E-state index in [1.807, 2.05) is 18.2 Å². The summed E-state index contributed by atoms with van der Waals surface area (Å²) in [7, 11) is 0. The van der Waals surface area contributed by atoms with Gasteiger partial charge in [0, 0.05) is 43.7 Å². The minimum atomic E-state index is -2.11. The standard InChI is InChI=1S/C46H60N6O11/c1-26-18-32(19-27(2)40(26)56)43(58)47-22-37(54)41(57)42-39(49-38(55)24-52-23-35(50-51-52)30-9-4-3-5-10-30)36(53)21-46(63-42,45(60)61)16-6-8-28-12-13-29-14-15-34(33(29)20-28)48-44(59)31-11-7-17-62-25-31/h6,8,12-13,18-20,23,30-31,34,36-37,39,41-42,53-54,56-57H,3-5,7,9-11,14-17,21-22,24-25H2,1-2H3,(H,47,58)(H,48,59)(H,49,55)(H,60,61)/b8-6+/t31?,34?,36-,37+,39+,41+,42+,46+/m0/s1. The number of benzene rings is 2. The Morgan fingerprint density at radius 3 is 2.48 bits per heavy atom. The molecule has 340 valence electrons. The first-order valence-electron chi connectivity index (χ1n) is 22.1. The molecule has 3 aromatic rings. The highest BCUT2D eigenvalue weighted by Crippen LogP contribution is 2.37. The summed E-state index contributed by atoms with van der Waals surface area (Å²) in [5.74, 6) is -2.59. The van der Waals surface area contributed by atoms with Crippen molar-refractivity contribution in [1.29, 1.82) is 0 Å². The van der Waals surface area contributed by atoms with Gasteiger partial charge in [-0.3, -0.25) is 14.4 Å². The lowest BCUT2D eigenvalue weighted by Crippen LogP contribution is -2.67. The monoisotopic (exact) mass is 872 g/mol. The molecule has 2 unspecified atom stereocenters. The Hall–Kier alpha value is -5.20. The van der Waals surface area contributed by atoms with E-state index in [4.69, 9.17) is 9.47 Å². The van der Waals surface area contributed by atoms with E-state index in [1.54, 1.807) is 32.2 Å². The second kappa shape index (κ2) is 20.1. The van der Waals surface area contributed by atoms with Crippen molar-refractivity contribution in [1.82, 2.24) is 30.9 Å². The summed E-state index contributed by atoms with van der Waals surface area (Å²) >= 11 is 0. The van der Waals surface area contributed by atoms with Gasteiger partial charge in [0.25, 0.3) is 5.91 Å². The number of ether oxygens (including phenoxy) is 2. The fraction of sp³-hybridized carbons (Fsp3) is 0.565. The van der Waals surface area contributed by atoms with Crippen LogP contribution in [0.1, 0.15) is 120 Å². The molecule has 1 aromatic heterocycles. The molecule has 0 spiro atoms. The molecule has 0 bridgehead atoms. The summed E-state index contributed by atoms with van der Waals surface area (Å²) in [4.78, 5) is 52.8. The maximum Gasteiger partial charge on any atom is 0.336 e. The maximum atomic E-state index is 13.5. The highest BCUT2D eigenvalue weighted by atomic mass is 16.6. The van der Waals surface area contributed by atoms with E-state index in [-0.39, 0.29) is 48.1 Å². The van der Waals surface area contributed by atoms with E-state index in [0.717, 1.165) is 73.8 Å². The molecular weight excluding hydrogens is 813 g/mol. The lowest BCUT2D eigenvalue weighted by atomic mass is 9.81. The van der Waals surface area contributed by atoms with E-state index in [2.05, 4.69) is 26.3 Å². The number of phenols is 1. The Kier molecular flexibility index (Phi) is 14.6. The van der Waals surface area contributed by atoms with Crippen LogP contribution in [0.4, 0.5) is 0 Å². The summed E-state index contributed by atoms with van der Waals surface area (Å²) in [6, 6.07) is 7.23. The molecule has 2 aliphatic heterocycles. The number of fused-ring (bicyclic) bond motifs is 1. The third-order valence-electron chi connectivity index (χ3n) is 13.1. The van der Waals surface area contributed by atoms with Gasteiger partial charge < -0.3 is 51.0 Å². The largest absolute Gasteiger partial charge is 0.507 e. The van der Waals surface area contributed by atoms with Crippen molar-refractivity contribution < 1.29 is 54.2 Å². The topological polar surface area (TPSA) is 255 Å². The van der Waals surface area contributed by atoms with Gasteiger partial charge in [0.15, 0.2) is 5.60 Å². The molecule has 17 nitrogen and oxygen atoms in total. The molecule has 3 amide bonds. The number of aliphatic carboxylic acids is 1. The molecule has 2 aliphatic carbocycles. The highest BCUT2D eigenvalue weighted by molar-refractivity contribution is 5.95. The molecule has 8 N–H and O–H groups in total. The van der Waals surface area contributed by atoms with E-state index < -0.39 is 66.8 Å². The van der Waals surface area contributed by atoms with Crippen LogP contribution in [0.5, 0.6) is 5.75 Å². The van der Waals surface area contributed by atoms with Gasteiger partial charge in [0.1, 0.15) is 24.5 Å². The van der Waals surface area contributed by atoms with Gasteiger partial charge in [-0.2, -0.15) is 0 Å². The van der Waals surface area contributed by atoms with E-state index >= 15 is 0 Å². The number of carboxylic acids is 1. The number of hydrogen-bond acceptors (Lipinski definition) is 12. The highest BCUT2D eigenvalue weighted by Gasteiger charge is 2.54. The van der Waals surface area contributed by atoms with Crippen LogP contribution >= 0.6 is 0 Å². The zero-order valence-electron chi connectivity index (χ0n) is 35.9. The van der Waals surface area contributed by atoms with Gasteiger partial charge >= 0.3 is 5.97 Å². The number of aromatic hydroxyl groups is 1. The summed E-state index contributed by atoms with van der Waals surface area (Å²) in [5, 5.41) is 72.3. The molecule has 2 saturated heterocycles. The number of aliphatic hydroxyl groups is 3. The van der Waals surface area contributed by atoms with E-state index in [1.165, 1.54) is 23.2 Å². The second-order valence-electron chi connectivity index (χ2n) is 17.7. The minimum absolute atomic E-state index is 0.0339. The zero-order valence-corrected chi connectivity index (χ0v) is 35.9. The molecular formula is C46H60N6O11. The number of nitrogens with zero attached hydrogens (tertiary/aromatic N) is 3. The fourth-order valence-electron chi connectivity index (χ4n) is 9.46. The number of aliphatic hydroxyl groups excluding tert-OH is 3. The molecule has 17 heteroatoms. The first kappa shape index (κ1) is 45.8. The molecule has 4 aliphatic rings. The number of carbonyl (C=O) groups is 4. The lowest BCUT2D eigenvalue weighted by molar-refractivity contribution is -0.226. The number of aryl methyl sites for hydroxylation is 3. The van der Waals surface area contributed by atoms with Crippen molar-refractivity contribution in [2.45, 2.75) is 139 Å². The molecule has 3 fully saturated rings. The van der Waals surface area contributed by atoms with Crippen molar-refractivity contribution in [3.8, 4) is 5.75 Å². The predicted molar refractivity (Wildman–Crippen MR) is 228 cm³/mol. The maximum absolute atomic E-state index is 13.5. The van der Waals surface area contributed by atoms with Crippen molar-refractivity contribution in [2.24, 2.45) is 5.92 Å². The summed E-state index contributed by atoms with van der Waals surface area (Å²) in [5.41, 5.74) is 2.66. The predicted octanol–water partition coefficient (Wildman–Crippen LogP) is 2.89.